The lowest BCUT2D eigenvalue weighted by Crippen LogP contribution is -2.32. The highest BCUT2D eigenvalue weighted by molar-refractivity contribution is 9.10. The Bertz CT molecular complexity index is 820. The van der Waals surface area contributed by atoms with Crippen molar-refractivity contribution in [2.45, 2.75) is 19.4 Å². The summed E-state index contributed by atoms with van der Waals surface area (Å²) in [4.78, 5) is 38.8. The van der Waals surface area contributed by atoms with Gasteiger partial charge in [-0.1, -0.05) is 65.3 Å². The molecule has 0 spiro atoms. The minimum atomic E-state index is -1.03. The molecule has 6 heteroatoms. The highest BCUT2D eigenvalue weighted by Crippen LogP contribution is 2.23. The van der Waals surface area contributed by atoms with Crippen LogP contribution in [0.25, 0.3) is 0 Å². The predicted octanol–water partition coefficient (Wildman–Crippen LogP) is 4.03. The maximum absolute atomic E-state index is 12.5. The van der Waals surface area contributed by atoms with E-state index in [1.165, 1.54) is 4.90 Å². The summed E-state index contributed by atoms with van der Waals surface area (Å²) in [7, 11) is 3.21. The Balaban J connectivity index is 2.10. The number of hydrogen-bond acceptors (Lipinski definition) is 4. The number of ketones is 1. The van der Waals surface area contributed by atoms with E-state index >= 15 is 0 Å². The van der Waals surface area contributed by atoms with Gasteiger partial charge in [0.05, 0.1) is 5.92 Å². The SMILES string of the molecule is C[C@@H](CC(=O)c1cccc(Br)c1)C(=O)O[C@@H](C(=O)N(C)C)c1ccccc1. The van der Waals surface area contributed by atoms with Crippen molar-refractivity contribution in [3.63, 3.8) is 0 Å². The van der Waals surface area contributed by atoms with Gasteiger partial charge < -0.3 is 9.64 Å². The van der Waals surface area contributed by atoms with Crippen LogP contribution >= 0.6 is 15.9 Å². The van der Waals surface area contributed by atoms with Gasteiger partial charge in [-0.2, -0.15) is 0 Å². The Morgan fingerprint density at radius 2 is 1.70 bits per heavy atom. The number of carbonyl (C=O) groups excluding carboxylic acids is 3. The van der Waals surface area contributed by atoms with E-state index in [2.05, 4.69) is 15.9 Å². The summed E-state index contributed by atoms with van der Waals surface area (Å²) in [5.74, 6) is -1.74. The number of benzene rings is 2. The summed E-state index contributed by atoms with van der Waals surface area (Å²) in [6.45, 7) is 1.63. The zero-order chi connectivity index (χ0) is 20.0. The predicted molar refractivity (Wildman–Crippen MR) is 106 cm³/mol. The smallest absolute Gasteiger partial charge is 0.310 e. The van der Waals surface area contributed by atoms with E-state index < -0.39 is 18.0 Å². The molecule has 2 aromatic carbocycles. The van der Waals surface area contributed by atoms with Crippen LogP contribution in [0.2, 0.25) is 0 Å². The second-order valence-electron chi connectivity index (χ2n) is 6.50. The lowest BCUT2D eigenvalue weighted by Gasteiger charge is -2.22. The standard InChI is InChI=1S/C21H22BrNO4/c1-14(12-18(24)16-10-7-11-17(22)13-16)21(26)27-19(20(25)23(2)3)15-8-5-4-6-9-15/h4-11,13-14,19H,12H2,1-3H3/t14-,19+/m0/s1. The van der Waals surface area contributed by atoms with Gasteiger partial charge in [0.2, 0.25) is 6.10 Å². The summed E-state index contributed by atoms with van der Waals surface area (Å²) in [5.41, 5.74) is 1.11. The van der Waals surface area contributed by atoms with Crippen LogP contribution in [0, 0.1) is 5.92 Å². The fourth-order valence-electron chi connectivity index (χ4n) is 2.50. The Morgan fingerprint density at radius 3 is 2.30 bits per heavy atom. The van der Waals surface area contributed by atoms with E-state index in [4.69, 9.17) is 4.74 Å². The fourth-order valence-corrected chi connectivity index (χ4v) is 2.90. The first-order valence-corrected chi connectivity index (χ1v) is 9.34. The van der Waals surface area contributed by atoms with E-state index in [1.807, 2.05) is 12.1 Å². The molecule has 0 N–H and O–H groups in total. The second-order valence-corrected chi connectivity index (χ2v) is 7.41. The molecule has 2 rings (SSSR count). The maximum atomic E-state index is 12.5. The number of likely N-dealkylation sites (N-methyl/N-ethyl adjacent to an activating group) is 1. The van der Waals surface area contributed by atoms with Crippen LogP contribution in [0.15, 0.2) is 59.1 Å². The molecule has 2 atom stereocenters. The zero-order valence-corrected chi connectivity index (χ0v) is 17.1. The normalized spacial score (nSPS) is 12.7. The summed E-state index contributed by atoms with van der Waals surface area (Å²) < 4.78 is 6.29. The number of nitrogens with zero attached hydrogens (tertiary/aromatic N) is 1. The minimum Gasteiger partial charge on any atom is -0.447 e. The molecule has 0 aliphatic rings. The molecule has 0 saturated carbocycles. The van der Waals surface area contributed by atoms with E-state index in [9.17, 15) is 14.4 Å². The van der Waals surface area contributed by atoms with Crippen LogP contribution < -0.4 is 0 Å². The van der Waals surface area contributed by atoms with Crippen LogP contribution in [-0.4, -0.2) is 36.7 Å². The highest BCUT2D eigenvalue weighted by atomic mass is 79.9. The molecule has 27 heavy (non-hydrogen) atoms. The largest absolute Gasteiger partial charge is 0.447 e. The van der Waals surface area contributed by atoms with Crippen molar-refractivity contribution in [1.29, 1.82) is 0 Å². The molecular weight excluding hydrogens is 410 g/mol. The van der Waals surface area contributed by atoms with Gasteiger partial charge in [-0.15, -0.1) is 0 Å². The van der Waals surface area contributed by atoms with Crippen LogP contribution in [0.3, 0.4) is 0 Å². The third kappa shape index (κ3) is 5.76. The Hall–Kier alpha value is -2.47. The number of amides is 1. The molecule has 2 aromatic rings. The van der Waals surface area contributed by atoms with Crippen molar-refractivity contribution in [3.05, 3.63) is 70.2 Å². The van der Waals surface area contributed by atoms with E-state index in [0.717, 1.165) is 4.47 Å². The molecule has 0 saturated heterocycles. The van der Waals surface area contributed by atoms with Crippen molar-refractivity contribution in [1.82, 2.24) is 4.90 Å². The molecule has 142 valence electrons. The van der Waals surface area contributed by atoms with Crippen molar-refractivity contribution >= 4 is 33.6 Å². The van der Waals surface area contributed by atoms with E-state index in [0.29, 0.717) is 11.1 Å². The third-order valence-corrected chi connectivity index (χ3v) is 4.54. The number of Topliss-reactive ketones (excluding diaryl/α,β-unsaturated/α-hetero) is 1. The molecule has 5 nitrogen and oxygen atoms in total. The first-order valence-electron chi connectivity index (χ1n) is 8.55. The van der Waals surface area contributed by atoms with Crippen molar-refractivity contribution in [2.24, 2.45) is 5.92 Å². The van der Waals surface area contributed by atoms with E-state index in [-0.39, 0.29) is 18.1 Å². The monoisotopic (exact) mass is 431 g/mol. The summed E-state index contributed by atoms with van der Waals surface area (Å²) in [5, 5.41) is 0. The Kier molecular flexibility index (Phi) is 7.30. The molecule has 0 aliphatic carbocycles. The van der Waals surface area contributed by atoms with Crippen LogP contribution in [0.5, 0.6) is 0 Å². The van der Waals surface area contributed by atoms with Gasteiger partial charge in [-0.05, 0) is 12.1 Å². The summed E-state index contributed by atoms with van der Waals surface area (Å²) in [6.07, 6.45) is -1.02. The number of halogens is 1. The van der Waals surface area contributed by atoms with Crippen LogP contribution in [0.1, 0.15) is 35.4 Å². The van der Waals surface area contributed by atoms with Crippen molar-refractivity contribution in [3.8, 4) is 0 Å². The fraction of sp³-hybridized carbons (Fsp3) is 0.286. The van der Waals surface area contributed by atoms with Gasteiger partial charge in [0, 0.05) is 36.1 Å². The molecular formula is C21H22BrNO4. The number of hydrogen-bond donors (Lipinski definition) is 0. The van der Waals surface area contributed by atoms with Crippen LogP contribution in [0.4, 0.5) is 0 Å². The maximum Gasteiger partial charge on any atom is 0.310 e. The Morgan fingerprint density at radius 1 is 1.04 bits per heavy atom. The third-order valence-electron chi connectivity index (χ3n) is 4.04. The average molecular weight is 432 g/mol. The topological polar surface area (TPSA) is 63.7 Å². The Labute approximate surface area is 167 Å². The lowest BCUT2D eigenvalue weighted by atomic mass is 9.99. The molecule has 0 heterocycles. The van der Waals surface area contributed by atoms with Gasteiger partial charge in [-0.3, -0.25) is 14.4 Å². The first-order chi connectivity index (χ1) is 12.8. The first kappa shape index (κ1) is 20.8. The van der Waals surface area contributed by atoms with Gasteiger partial charge in [0.15, 0.2) is 5.78 Å². The molecule has 1 amide bonds. The minimum absolute atomic E-state index is 0.00690. The quantitative estimate of drug-likeness (QED) is 0.490. The number of ether oxygens (including phenoxy) is 1. The average Bonchev–Trinajstić information content (AvgIpc) is 2.65. The van der Waals surface area contributed by atoms with Crippen LogP contribution in [-0.2, 0) is 14.3 Å². The van der Waals surface area contributed by atoms with Gasteiger partial charge in [0.25, 0.3) is 5.91 Å². The molecule has 0 unspecified atom stereocenters. The van der Waals surface area contributed by atoms with Gasteiger partial charge in [-0.25, -0.2) is 0 Å². The van der Waals surface area contributed by atoms with E-state index in [1.54, 1.807) is 63.5 Å². The summed E-state index contributed by atoms with van der Waals surface area (Å²) >= 11 is 3.33. The molecule has 0 bridgehead atoms. The van der Waals surface area contributed by atoms with Gasteiger partial charge in [0.1, 0.15) is 0 Å². The lowest BCUT2D eigenvalue weighted by molar-refractivity contribution is -0.162. The van der Waals surface area contributed by atoms with Crippen molar-refractivity contribution in [2.75, 3.05) is 14.1 Å². The van der Waals surface area contributed by atoms with Gasteiger partial charge >= 0.3 is 5.97 Å². The molecule has 0 aromatic heterocycles. The second kappa shape index (κ2) is 9.46. The van der Waals surface area contributed by atoms with Crippen molar-refractivity contribution < 1.29 is 19.1 Å². The zero-order valence-electron chi connectivity index (χ0n) is 15.5. The molecule has 0 aliphatic heterocycles. The number of esters is 1. The number of carbonyl (C=O) groups is 3. The molecule has 0 radical (unpaired) electrons. The molecule has 0 fully saturated rings. The highest BCUT2D eigenvalue weighted by Gasteiger charge is 2.29. The number of rotatable bonds is 7. The summed E-state index contributed by atoms with van der Waals surface area (Å²) in [6, 6.07) is 15.8.